The second-order valence-corrected chi connectivity index (χ2v) is 5.75. The van der Waals surface area contributed by atoms with E-state index >= 15 is 0 Å². The molecule has 0 bridgehead atoms. The fourth-order valence-corrected chi connectivity index (χ4v) is 2.89. The summed E-state index contributed by atoms with van der Waals surface area (Å²) in [4.78, 5) is 25.2. The number of amides is 1. The minimum absolute atomic E-state index is 0.208. The van der Waals surface area contributed by atoms with Crippen molar-refractivity contribution in [3.8, 4) is 5.69 Å². The van der Waals surface area contributed by atoms with Crippen molar-refractivity contribution in [2.45, 2.75) is 12.8 Å². The molecule has 0 aliphatic carbocycles. The average molecular weight is 336 g/mol. The van der Waals surface area contributed by atoms with E-state index in [1.165, 1.54) is 11.0 Å². The van der Waals surface area contributed by atoms with Crippen molar-refractivity contribution < 1.29 is 14.7 Å². The second-order valence-electron chi connectivity index (χ2n) is 5.35. The fraction of sp³-hybridized carbons (Fsp3) is 0.357. The first kappa shape index (κ1) is 15.4. The lowest BCUT2D eigenvalue weighted by atomic mass is 9.97. The van der Waals surface area contributed by atoms with Crippen LogP contribution in [0.25, 0.3) is 5.69 Å². The molecule has 120 valence electrons. The molecule has 1 aliphatic heterocycles. The van der Waals surface area contributed by atoms with Gasteiger partial charge >= 0.3 is 5.97 Å². The number of halogens is 1. The highest BCUT2D eigenvalue weighted by atomic mass is 35.5. The van der Waals surface area contributed by atoms with Crippen molar-refractivity contribution in [2.24, 2.45) is 5.92 Å². The van der Waals surface area contributed by atoms with Gasteiger partial charge in [0.2, 0.25) is 0 Å². The van der Waals surface area contributed by atoms with Crippen LogP contribution in [0.3, 0.4) is 0 Å². The maximum atomic E-state index is 12.6. The van der Waals surface area contributed by atoms with E-state index in [9.17, 15) is 9.59 Å². The molecule has 8 nitrogen and oxygen atoms in total. The average Bonchev–Trinajstić information content (AvgIpc) is 3.08. The van der Waals surface area contributed by atoms with Gasteiger partial charge in [0, 0.05) is 13.1 Å². The zero-order valence-electron chi connectivity index (χ0n) is 12.1. The van der Waals surface area contributed by atoms with Gasteiger partial charge in [0.25, 0.3) is 5.91 Å². The molecule has 1 saturated heterocycles. The number of hydrogen-bond acceptors (Lipinski definition) is 5. The zero-order chi connectivity index (χ0) is 16.4. The smallest absolute Gasteiger partial charge is 0.308 e. The van der Waals surface area contributed by atoms with Crippen LogP contribution in [0.1, 0.15) is 23.2 Å². The van der Waals surface area contributed by atoms with Crippen molar-refractivity contribution in [1.82, 2.24) is 25.1 Å². The lowest BCUT2D eigenvalue weighted by molar-refractivity contribution is -0.143. The van der Waals surface area contributed by atoms with Crippen LogP contribution in [0.15, 0.2) is 24.5 Å². The number of carbonyl (C=O) groups is 2. The molecular weight excluding hydrogens is 322 g/mol. The molecule has 0 saturated carbocycles. The molecule has 2 aromatic rings. The number of rotatable bonds is 3. The van der Waals surface area contributed by atoms with Gasteiger partial charge in [0.15, 0.2) is 0 Å². The minimum Gasteiger partial charge on any atom is -0.481 e. The van der Waals surface area contributed by atoms with Gasteiger partial charge in [-0.05, 0) is 41.5 Å². The van der Waals surface area contributed by atoms with Crippen LogP contribution in [0.5, 0.6) is 0 Å². The zero-order valence-corrected chi connectivity index (χ0v) is 12.8. The summed E-state index contributed by atoms with van der Waals surface area (Å²) in [5.74, 6) is -1.65. The highest BCUT2D eigenvalue weighted by Gasteiger charge is 2.29. The molecule has 1 aromatic carbocycles. The Balaban J connectivity index is 1.81. The number of carboxylic acid groups (broad SMARTS) is 1. The van der Waals surface area contributed by atoms with E-state index in [1.54, 1.807) is 23.1 Å². The molecule has 0 radical (unpaired) electrons. The molecule has 0 unspecified atom stereocenters. The van der Waals surface area contributed by atoms with Crippen molar-refractivity contribution in [2.75, 3.05) is 13.1 Å². The summed E-state index contributed by atoms with van der Waals surface area (Å²) in [5, 5.41) is 20.2. The van der Waals surface area contributed by atoms with Crippen LogP contribution in [0.2, 0.25) is 5.02 Å². The molecule has 2 heterocycles. The number of piperidine rings is 1. The number of nitrogens with zero attached hydrogens (tertiary/aromatic N) is 5. The van der Waals surface area contributed by atoms with Gasteiger partial charge in [-0.15, -0.1) is 5.10 Å². The lowest BCUT2D eigenvalue weighted by Crippen LogP contribution is -2.42. The monoisotopic (exact) mass is 335 g/mol. The largest absolute Gasteiger partial charge is 0.481 e. The van der Waals surface area contributed by atoms with Crippen LogP contribution < -0.4 is 0 Å². The Morgan fingerprint density at radius 3 is 2.83 bits per heavy atom. The molecule has 1 N–H and O–H groups in total. The highest BCUT2D eigenvalue weighted by Crippen LogP contribution is 2.24. The standard InChI is InChI=1S/C14H14ClN5O3/c15-12-6-10(20-8-16-17-18-20)3-4-11(12)13(21)19-5-1-2-9(7-19)14(22)23/h3-4,6,8-9H,1-2,5,7H2,(H,22,23)/t9-/m0/s1. The van der Waals surface area contributed by atoms with Crippen LogP contribution in [-0.2, 0) is 4.79 Å². The number of benzene rings is 1. The van der Waals surface area contributed by atoms with Gasteiger partial charge < -0.3 is 10.0 Å². The number of aliphatic carboxylic acids is 1. The lowest BCUT2D eigenvalue weighted by Gasteiger charge is -2.31. The van der Waals surface area contributed by atoms with Gasteiger partial charge in [0.1, 0.15) is 6.33 Å². The normalized spacial score (nSPS) is 18.0. The molecule has 1 aromatic heterocycles. The molecule has 0 spiro atoms. The molecule has 1 fully saturated rings. The third-order valence-electron chi connectivity index (χ3n) is 3.85. The van der Waals surface area contributed by atoms with E-state index in [-0.39, 0.29) is 17.5 Å². The number of tetrazole rings is 1. The number of hydrogen-bond donors (Lipinski definition) is 1. The van der Waals surface area contributed by atoms with Gasteiger partial charge in [-0.3, -0.25) is 9.59 Å². The third kappa shape index (κ3) is 3.16. The molecular formula is C14H14ClN5O3. The fourth-order valence-electron chi connectivity index (χ4n) is 2.63. The highest BCUT2D eigenvalue weighted by molar-refractivity contribution is 6.34. The van der Waals surface area contributed by atoms with E-state index in [4.69, 9.17) is 16.7 Å². The van der Waals surface area contributed by atoms with Gasteiger partial charge in [-0.2, -0.15) is 0 Å². The first-order chi connectivity index (χ1) is 11.1. The molecule has 9 heteroatoms. The van der Waals surface area contributed by atoms with Crippen molar-refractivity contribution >= 4 is 23.5 Å². The van der Waals surface area contributed by atoms with Gasteiger partial charge in [-0.1, -0.05) is 11.6 Å². The van der Waals surface area contributed by atoms with Crippen LogP contribution in [-0.4, -0.2) is 55.2 Å². The summed E-state index contributed by atoms with van der Waals surface area (Å²) >= 11 is 6.21. The Kier molecular flexibility index (Phi) is 4.24. The van der Waals surface area contributed by atoms with E-state index in [2.05, 4.69) is 15.5 Å². The summed E-state index contributed by atoms with van der Waals surface area (Å²) in [5.41, 5.74) is 0.980. The minimum atomic E-state index is -0.873. The predicted molar refractivity (Wildman–Crippen MR) is 80.4 cm³/mol. The molecule has 1 atom stereocenters. The van der Waals surface area contributed by atoms with Crippen molar-refractivity contribution in [1.29, 1.82) is 0 Å². The predicted octanol–water partition coefficient (Wildman–Crippen LogP) is 1.25. The van der Waals surface area contributed by atoms with Crippen LogP contribution >= 0.6 is 11.6 Å². The summed E-state index contributed by atoms with van der Waals surface area (Å²) < 4.78 is 1.43. The van der Waals surface area contributed by atoms with Crippen LogP contribution in [0.4, 0.5) is 0 Å². The summed E-state index contributed by atoms with van der Waals surface area (Å²) in [6.07, 6.45) is 2.68. The van der Waals surface area contributed by atoms with E-state index in [1.807, 2.05) is 0 Å². The first-order valence-corrected chi connectivity index (χ1v) is 7.49. The Morgan fingerprint density at radius 1 is 1.35 bits per heavy atom. The summed E-state index contributed by atoms with van der Waals surface area (Å²) in [6.45, 7) is 0.743. The SMILES string of the molecule is O=C(O)[C@H]1CCCN(C(=O)c2ccc(-n3cnnn3)cc2Cl)C1. The second kappa shape index (κ2) is 6.33. The Labute approximate surface area is 136 Å². The third-order valence-corrected chi connectivity index (χ3v) is 4.17. The molecule has 23 heavy (non-hydrogen) atoms. The van der Waals surface area contributed by atoms with E-state index in [0.717, 1.165) is 0 Å². The van der Waals surface area contributed by atoms with Crippen LogP contribution in [0, 0.1) is 5.92 Å². The quantitative estimate of drug-likeness (QED) is 0.906. The summed E-state index contributed by atoms with van der Waals surface area (Å²) in [6, 6.07) is 4.89. The number of aromatic nitrogens is 4. The molecule has 1 amide bonds. The first-order valence-electron chi connectivity index (χ1n) is 7.11. The maximum Gasteiger partial charge on any atom is 0.308 e. The Morgan fingerprint density at radius 2 is 2.17 bits per heavy atom. The van der Waals surface area contributed by atoms with Crippen molar-refractivity contribution in [3.05, 3.63) is 35.1 Å². The Hall–Kier alpha value is -2.48. The Bertz CT molecular complexity index is 734. The number of carboxylic acids is 1. The topological polar surface area (TPSA) is 101 Å². The number of carbonyl (C=O) groups excluding carboxylic acids is 1. The van der Waals surface area contributed by atoms with Gasteiger partial charge in [-0.25, -0.2) is 4.68 Å². The van der Waals surface area contributed by atoms with Gasteiger partial charge in [0.05, 0.1) is 22.2 Å². The molecule has 3 rings (SSSR count). The van der Waals surface area contributed by atoms with Crippen molar-refractivity contribution in [3.63, 3.8) is 0 Å². The summed E-state index contributed by atoms with van der Waals surface area (Å²) in [7, 11) is 0. The number of likely N-dealkylation sites (tertiary alicyclic amines) is 1. The molecule has 1 aliphatic rings. The van der Waals surface area contributed by atoms with E-state index in [0.29, 0.717) is 30.6 Å². The maximum absolute atomic E-state index is 12.6. The van der Waals surface area contributed by atoms with E-state index < -0.39 is 11.9 Å².